The molecular weight excluding hydrogens is 220 g/mol. The molecular formula is C13H12O4. The molecule has 1 N–H and O–H groups in total. The van der Waals surface area contributed by atoms with Gasteiger partial charge in [-0.05, 0) is 17.7 Å². The van der Waals surface area contributed by atoms with E-state index in [9.17, 15) is 9.59 Å². The number of hydrogen-bond acceptors (Lipinski definition) is 3. The van der Waals surface area contributed by atoms with Gasteiger partial charge in [-0.3, -0.25) is 0 Å². The summed E-state index contributed by atoms with van der Waals surface area (Å²) >= 11 is 0. The number of ether oxygens (including phenoxy) is 1. The molecule has 0 radical (unpaired) electrons. The van der Waals surface area contributed by atoms with Crippen LogP contribution in [0.5, 0.6) is 0 Å². The summed E-state index contributed by atoms with van der Waals surface area (Å²) in [4.78, 5) is 21.8. The van der Waals surface area contributed by atoms with Crippen molar-refractivity contribution >= 4 is 11.9 Å². The molecule has 17 heavy (non-hydrogen) atoms. The standard InChI is InChI=1S/C13H12O4/c1-8-6-11(17-13(8)16)7-9-2-4-10(5-3-9)12(14)15/h2-5,11H,1,6-7H2,(H,14,15). The number of carboxylic acids is 1. The van der Waals surface area contributed by atoms with Crippen LogP contribution in [0.1, 0.15) is 22.3 Å². The van der Waals surface area contributed by atoms with E-state index in [2.05, 4.69) is 6.58 Å². The fourth-order valence-electron chi connectivity index (χ4n) is 1.79. The van der Waals surface area contributed by atoms with E-state index >= 15 is 0 Å². The second kappa shape index (κ2) is 4.41. The van der Waals surface area contributed by atoms with E-state index in [1.807, 2.05) is 0 Å². The maximum absolute atomic E-state index is 11.1. The van der Waals surface area contributed by atoms with E-state index in [1.165, 1.54) is 0 Å². The summed E-state index contributed by atoms with van der Waals surface area (Å²) in [5.74, 6) is -1.28. The van der Waals surface area contributed by atoms with Gasteiger partial charge < -0.3 is 9.84 Å². The lowest BCUT2D eigenvalue weighted by atomic mass is 10.0. The maximum Gasteiger partial charge on any atom is 0.335 e. The molecule has 1 aromatic rings. The van der Waals surface area contributed by atoms with Crippen LogP contribution < -0.4 is 0 Å². The molecule has 1 aromatic carbocycles. The highest BCUT2D eigenvalue weighted by Gasteiger charge is 2.27. The molecule has 0 aromatic heterocycles. The molecule has 1 heterocycles. The van der Waals surface area contributed by atoms with Gasteiger partial charge in [-0.1, -0.05) is 18.7 Å². The summed E-state index contributed by atoms with van der Waals surface area (Å²) in [6.07, 6.45) is 0.954. The summed E-state index contributed by atoms with van der Waals surface area (Å²) < 4.78 is 5.10. The number of cyclic esters (lactones) is 1. The molecule has 2 rings (SSSR count). The second-order valence-electron chi connectivity index (χ2n) is 4.04. The molecule has 1 atom stereocenters. The highest BCUT2D eigenvalue weighted by Crippen LogP contribution is 2.22. The average molecular weight is 232 g/mol. The Morgan fingerprint density at radius 2 is 2.06 bits per heavy atom. The zero-order valence-electron chi connectivity index (χ0n) is 9.18. The number of carbonyl (C=O) groups excluding carboxylic acids is 1. The molecule has 1 aliphatic rings. The van der Waals surface area contributed by atoms with Crippen LogP contribution in [0.15, 0.2) is 36.4 Å². The van der Waals surface area contributed by atoms with Gasteiger partial charge in [0.1, 0.15) is 6.10 Å². The van der Waals surface area contributed by atoms with Crippen LogP contribution in [0, 0.1) is 0 Å². The van der Waals surface area contributed by atoms with E-state index in [1.54, 1.807) is 24.3 Å². The summed E-state index contributed by atoms with van der Waals surface area (Å²) in [7, 11) is 0. The summed E-state index contributed by atoms with van der Waals surface area (Å²) in [5.41, 5.74) is 1.70. The topological polar surface area (TPSA) is 63.6 Å². The predicted molar refractivity (Wildman–Crippen MR) is 60.7 cm³/mol. The Kier molecular flexibility index (Phi) is 2.95. The number of hydrogen-bond donors (Lipinski definition) is 1. The summed E-state index contributed by atoms with van der Waals surface area (Å²) in [6.45, 7) is 3.61. The lowest BCUT2D eigenvalue weighted by Crippen LogP contribution is -2.10. The first kappa shape index (κ1) is 11.4. The van der Waals surface area contributed by atoms with E-state index in [0.717, 1.165) is 5.56 Å². The molecule has 1 fully saturated rings. The van der Waals surface area contributed by atoms with Crippen molar-refractivity contribution in [1.29, 1.82) is 0 Å². The zero-order chi connectivity index (χ0) is 12.4. The molecule has 88 valence electrons. The number of carbonyl (C=O) groups is 2. The number of carboxylic acid groups (broad SMARTS) is 1. The van der Waals surface area contributed by atoms with Gasteiger partial charge in [0, 0.05) is 18.4 Å². The SMILES string of the molecule is C=C1CC(Cc2ccc(C(=O)O)cc2)OC1=O. The molecule has 0 aliphatic carbocycles. The van der Waals surface area contributed by atoms with Crippen molar-refractivity contribution in [3.8, 4) is 0 Å². The molecule has 0 bridgehead atoms. The van der Waals surface area contributed by atoms with Gasteiger partial charge in [-0.15, -0.1) is 0 Å². The maximum atomic E-state index is 11.1. The van der Waals surface area contributed by atoms with Crippen LogP contribution in [0.3, 0.4) is 0 Å². The molecule has 0 amide bonds. The van der Waals surface area contributed by atoms with Gasteiger partial charge in [0.05, 0.1) is 5.56 Å². The first-order chi connectivity index (χ1) is 8.06. The lowest BCUT2D eigenvalue weighted by Gasteiger charge is -2.08. The zero-order valence-corrected chi connectivity index (χ0v) is 9.18. The highest BCUT2D eigenvalue weighted by atomic mass is 16.5. The predicted octanol–water partition coefficient (Wildman–Crippen LogP) is 1.80. The molecule has 1 saturated heterocycles. The Balaban J connectivity index is 2.02. The largest absolute Gasteiger partial charge is 0.478 e. The van der Waals surface area contributed by atoms with Crippen molar-refractivity contribution in [2.24, 2.45) is 0 Å². The third-order valence-electron chi connectivity index (χ3n) is 2.70. The van der Waals surface area contributed by atoms with Crippen LogP contribution >= 0.6 is 0 Å². The number of benzene rings is 1. The number of esters is 1. The Labute approximate surface area is 98.5 Å². The number of rotatable bonds is 3. The van der Waals surface area contributed by atoms with Crippen molar-refractivity contribution in [3.63, 3.8) is 0 Å². The minimum absolute atomic E-state index is 0.175. The third-order valence-corrected chi connectivity index (χ3v) is 2.70. The molecule has 1 unspecified atom stereocenters. The van der Waals surface area contributed by atoms with Gasteiger partial charge >= 0.3 is 11.9 Å². The normalized spacial score (nSPS) is 19.2. The first-order valence-corrected chi connectivity index (χ1v) is 5.27. The van der Waals surface area contributed by atoms with Crippen molar-refractivity contribution in [1.82, 2.24) is 0 Å². The van der Waals surface area contributed by atoms with E-state index < -0.39 is 5.97 Å². The van der Waals surface area contributed by atoms with Crippen LogP contribution in [-0.2, 0) is 16.0 Å². The minimum atomic E-state index is -0.947. The quantitative estimate of drug-likeness (QED) is 0.637. The fraction of sp³-hybridized carbons (Fsp3) is 0.231. The number of aromatic carboxylic acids is 1. The highest BCUT2D eigenvalue weighted by molar-refractivity contribution is 5.90. The van der Waals surface area contributed by atoms with Gasteiger partial charge in [-0.2, -0.15) is 0 Å². The lowest BCUT2D eigenvalue weighted by molar-refractivity contribution is -0.138. The smallest absolute Gasteiger partial charge is 0.335 e. The van der Waals surface area contributed by atoms with Crippen LogP contribution in [0.4, 0.5) is 0 Å². The second-order valence-corrected chi connectivity index (χ2v) is 4.04. The summed E-state index contributed by atoms with van der Waals surface area (Å²) in [5, 5.41) is 8.75. The molecule has 4 nitrogen and oxygen atoms in total. The fourth-order valence-corrected chi connectivity index (χ4v) is 1.79. The monoisotopic (exact) mass is 232 g/mol. The van der Waals surface area contributed by atoms with Crippen LogP contribution in [0.2, 0.25) is 0 Å². The minimum Gasteiger partial charge on any atom is -0.478 e. The van der Waals surface area contributed by atoms with Crippen molar-refractivity contribution in [3.05, 3.63) is 47.5 Å². The Morgan fingerprint density at radius 3 is 2.53 bits per heavy atom. The first-order valence-electron chi connectivity index (χ1n) is 5.27. The Hall–Kier alpha value is -2.10. The van der Waals surface area contributed by atoms with Gasteiger partial charge in [0.25, 0.3) is 0 Å². The van der Waals surface area contributed by atoms with E-state index in [0.29, 0.717) is 18.4 Å². The Morgan fingerprint density at radius 1 is 1.41 bits per heavy atom. The van der Waals surface area contributed by atoms with Crippen molar-refractivity contribution < 1.29 is 19.4 Å². The molecule has 0 spiro atoms. The summed E-state index contributed by atoms with van der Waals surface area (Å²) in [6, 6.07) is 6.56. The van der Waals surface area contributed by atoms with E-state index in [4.69, 9.17) is 9.84 Å². The third kappa shape index (κ3) is 2.53. The van der Waals surface area contributed by atoms with Crippen LogP contribution in [0.25, 0.3) is 0 Å². The van der Waals surface area contributed by atoms with Crippen molar-refractivity contribution in [2.45, 2.75) is 18.9 Å². The van der Waals surface area contributed by atoms with Crippen LogP contribution in [-0.4, -0.2) is 23.1 Å². The molecule has 4 heteroatoms. The van der Waals surface area contributed by atoms with Gasteiger partial charge in [-0.25, -0.2) is 9.59 Å². The van der Waals surface area contributed by atoms with Gasteiger partial charge in [0.15, 0.2) is 0 Å². The van der Waals surface area contributed by atoms with E-state index in [-0.39, 0.29) is 17.6 Å². The molecule has 1 aliphatic heterocycles. The average Bonchev–Trinajstić information content (AvgIpc) is 2.58. The van der Waals surface area contributed by atoms with Crippen molar-refractivity contribution in [2.75, 3.05) is 0 Å². The molecule has 0 saturated carbocycles. The van der Waals surface area contributed by atoms with Gasteiger partial charge in [0.2, 0.25) is 0 Å². The Bertz CT molecular complexity index is 457.